The van der Waals surface area contributed by atoms with Crippen LogP contribution in [0.15, 0.2) is 0 Å². The largest absolute Gasteiger partial charge is 0.375 e. The molecule has 0 heterocycles. The maximum Gasteiger partial charge on any atom is 0.0694 e. The van der Waals surface area contributed by atoms with E-state index in [2.05, 4.69) is 5.32 Å². The molecule has 3 saturated carbocycles. The van der Waals surface area contributed by atoms with Gasteiger partial charge >= 0.3 is 0 Å². The molecule has 0 unspecified atom stereocenters. The molecule has 0 bridgehead atoms. The highest BCUT2D eigenvalue weighted by Gasteiger charge is 2.38. The van der Waals surface area contributed by atoms with Gasteiger partial charge in [-0.3, -0.25) is 0 Å². The summed E-state index contributed by atoms with van der Waals surface area (Å²) >= 11 is 0. The van der Waals surface area contributed by atoms with Crippen LogP contribution in [0.4, 0.5) is 0 Å². The van der Waals surface area contributed by atoms with Crippen LogP contribution in [0.5, 0.6) is 0 Å². The van der Waals surface area contributed by atoms with Crippen molar-refractivity contribution < 1.29 is 4.74 Å². The summed E-state index contributed by atoms with van der Waals surface area (Å²) in [5.74, 6) is 0.868. The quantitative estimate of drug-likeness (QED) is 0.746. The van der Waals surface area contributed by atoms with Crippen molar-refractivity contribution in [2.45, 2.75) is 82.3 Å². The van der Waals surface area contributed by atoms with Crippen LogP contribution >= 0.6 is 0 Å². The smallest absolute Gasteiger partial charge is 0.0694 e. The van der Waals surface area contributed by atoms with Gasteiger partial charge in [0.1, 0.15) is 0 Å². The molecule has 18 heavy (non-hydrogen) atoms. The Morgan fingerprint density at radius 2 is 1.72 bits per heavy atom. The van der Waals surface area contributed by atoms with E-state index in [9.17, 15) is 0 Å². The predicted molar refractivity (Wildman–Crippen MR) is 74.8 cm³/mol. The molecule has 2 heteroatoms. The summed E-state index contributed by atoms with van der Waals surface area (Å²) in [6.45, 7) is 2.22. The highest BCUT2D eigenvalue weighted by atomic mass is 16.5. The Morgan fingerprint density at radius 1 is 0.944 bits per heavy atom. The maximum absolute atomic E-state index is 6.37. The lowest BCUT2D eigenvalue weighted by molar-refractivity contribution is -0.118. The summed E-state index contributed by atoms with van der Waals surface area (Å²) in [6.07, 6.45) is 15.2. The van der Waals surface area contributed by atoms with E-state index in [1.807, 2.05) is 0 Å². The first-order valence-electron chi connectivity index (χ1n) is 8.24. The average molecular weight is 251 g/mol. The van der Waals surface area contributed by atoms with Crippen molar-refractivity contribution in [1.82, 2.24) is 5.32 Å². The minimum Gasteiger partial charge on any atom is -0.375 e. The molecule has 3 fully saturated rings. The van der Waals surface area contributed by atoms with Gasteiger partial charge < -0.3 is 10.1 Å². The Balaban J connectivity index is 1.36. The number of hydrogen-bond donors (Lipinski definition) is 1. The van der Waals surface area contributed by atoms with Crippen LogP contribution < -0.4 is 5.32 Å². The van der Waals surface area contributed by atoms with Crippen molar-refractivity contribution in [3.63, 3.8) is 0 Å². The van der Waals surface area contributed by atoms with Crippen LogP contribution in [0.3, 0.4) is 0 Å². The Morgan fingerprint density at radius 3 is 2.33 bits per heavy atom. The van der Waals surface area contributed by atoms with Gasteiger partial charge in [0, 0.05) is 6.04 Å². The van der Waals surface area contributed by atoms with E-state index in [1.54, 1.807) is 0 Å². The van der Waals surface area contributed by atoms with Crippen LogP contribution in [0.1, 0.15) is 70.6 Å². The molecule has 0 saturated heterocycles. The number of ether oxygens (including phenoxy) is 1. The molecule has 0 aromatic carbocycles. The molecular weight excluding hydrogens is 222 g/mol. The van der Waals surface area contributed by atoms with Gasteiger partial charge in [0.15, 0.2) is 0 Å². The molecule has 0 aliphatic heterocycles. The van der Waals surface area contributed by atoms with E-state index in [4.69, 9.17) is 4.74 Å². The minimum atomic E-state index is 0.277. The normalized spacial score (nSPS) is 28.0. The van der Waals surface area contributed by atoms with Gasteiger partial charge in [-0.05, 0) is 63.8 Å². The fourth-order valence-corrected chi connectivity index (χ4v) is 3.48. The Bertz CT molecular complexity index is 252. The second-order valence-electron chi connectivity index (χ2n) is 6.83. The summed E-state index contributed by atoms with van der Waals surface area (Å²) in [5, 5.41) is 3.64. The molecule has 0 aromatic heterocycles. The molecule has 0 atom stereocenters. The fourth-order valence-electron chi connectivity index (χ4n) is 3.48. The van der Waals surface area contributed by atoms with E-state index in [-0.39, 0.29) is 5.60 Å². The van der Waals surface area contributed by atoms with Gasteiger partial charge in [-0.25, -0.2) is 0 Å². The molecule has 1 N–H and O–H groups in total. The number of rotatable bonds is 7. The van der Waals surface area contributed by atoms with Crippen LogP contribution in [0, 0.1) is 5.92 Å². The van der Waals surface area contributed by atoms with Crippen molar-refractivity contribution in [3.8, 4) is 0 Å². The fraction of sp³-hybridized carbons (Fsp3) is 1.00. The van der Waals surface area contributed by atoms with Crippen molar-refractivity contribution in [2.24, 2.45) is 5.92 Å². The Labute approximate surface area is 112 Å². The summed E-state index contributed by atoms with van der Waals surface area (Å²) in [6, 6.07) is 0.848. The topological polar surface area (TPSA) is 21.3 Å². The van der Waals surface area contributed by atoms with Crippen molar-refractivity contribution in [1.29, 1.82) is 0 Å². The van der Waals surface area contributed by atoms with Crippen LogP contribution in [0.25, 0.3) is 0 Å². The van der Waals surface area contributed by atoms with E-state index in [0.717, 1.165) is 18.6 Å². The lowest BCUT2D eigenvalue weighted by Gasteiger charge is -2.43. The summed E-state index contributed by atoms with van der Waals surface area (Å²) in [5.41, 5.74) is 0.277. The van der Waals surface area contributed by atoms with Crippen LogP contribution in [0.2, 0.25) is 0 Å². The van der Waals surface area contributed by atoms with E-state index >= 15 is 0 Å². The lowest BCUT2D eigenvalue weighted by atomic mass is 9.77. The predicted octanol–water partition coefficient (Wildman–Crippen LogP) is 3.65. The third kappa shape index (κ3) is 3.48. The molecule has 3 aliphatic carbocycles. The molecule has 3 aliphatic rings. The van der Waals surface area contributed by atoms with Crippen molar-refractivity contribution >= 4 is 0 Å². The number of nitrogens with one attached hydrogen (secondary N) is 1. The summed E-state index contributed by atoms with van der Waals surface area (Å²) in [4.78, 5) is 0. The van der Waals surface area contributed by atoms with Gasteiger partial charge in [-0.15, -0.1) is 0 Å². The third-order valence-corrected chi connectivity index (χ3v) is 5.21. The zero-order valence-corrected chi connectivity index (χ0v) is 11.8. The Kier molecular flexibility index (Phi) is 4.25. The highest BCUT2D eigenvalue weighted by Crippen LogP contribution is 2.39. The standard InChI is InChI=1S/C16H29NO/c1-2-5-14(6-3-1)13-18-16(9-4-10-16)11-12-17-15-7-8-15/h14-15,17H,1-13H2. The van der Waals surface area contributed by atoms with Gasteiger partial charge in [0.05, 0.1) is 12.2 Å². The minimum absolute atomic E-state index is 0.277. The monoisotopic (exact) mass is 251 g/mol. The van der Waals surface area contributed by atoms with Crippen molar-refractivity contribution in [3.05, 3.63) is 0 Å². The van der Waals surface area contributed by atoms with E-state index < -0.39 is 0 Å². The molecule has 0 radical (unpaired) electrons. The second-order valence-corrected chi connectivity index (χ2v) is 6.83. The molecule has 104 valence electrons. The summed E-state index contributed by atoms with van der Waals surface area (Å²) < 4.78 is 6.37. The zero-order valence-electron chi connectivity index (χ0n) is 11.8. The van der Waals surface area contributed by atoms with Crippen LogP contribution in [-0.4, -0.2) is 24.8 Å². The van der Waals surface area contributed by atoms with Gasteiger partial charge in [0.25, 0.3) is 0 Å². The maximum atomic E-state index is 6.37. The first-order valence-corrected chi connectivity index (χ1v) is 8.24. The second kappa shape index (κ2) is 5.92. The molecule has 0 amide bonds. The first kappa shape index (κ1) is 12.9. The lowest BCUT2D eigenvalue weighted by Crippen LogP contribution is -2.44. The molecule has 0 spiro atoms. The molecule has 0 aromatic rings. The highest BCUT2D eigenvalue weighted by molar-refractivity contribution is 4.92. The molecular formula is C16H29NO. The van der Waals surface area contributed by atoms with Gasteiger partial charge in [-0.2, -0.15) is 0 Å². The van der Waals surface area contributed by atoms with Gasteiger partial charge in [0.2, 0.25) is 0 Å². The van der Waals surface area contributed by atoms with E-state index in [1.165, 1.54) is 77.2 Å². The third-order valence-electron chi connectivity index (χ3n) is 5.21. The first-order chi connectivity index (χ1) is 8.86. The number of hydrogen-bond acceptors (Lipinski definition) is 2. The zero-order chi connectivity index (χ0) is 12.3. The van der Waals surface area contributed by atoms with Crippen molar-refractivity contribution in [2.75, 3.05) is 13.2 Å². The molecule has 2 nitrogen and oxygen atoms in total. The summed E-state index contributed by atoms with van der Waals surface area (Å²) in [7, 11) is 0. The SMILES string of the molecule is C1CCC(COC2(CCNC3CC3)CCC2)CC1. The molecule has 3 rings (SSSR count). The average Bonchev–Trinajstić information content (AvgIpc) is 3.17. The van der Waals surface area contributed by atoms with Crippen LogP contribution in [-0.2, 0) is 4.74 Å². The van der Waals surface area contributed by atoms with E-state index in [0.29, 0.717) is 0 Å². The van der Waals surface area contributed by atoms with Gasteiger partial charge in [-0.1, -0.05) is 19.3 Å². The Hall–Kier alpha value is -0.0800.